The number of aliphatic carboxylic acids is 1. The first-order chi connectivity index (χ1) is 24.5. The predicted octanol–water partition coefficient (Wildman–Crippen LogP) is 1.83. The van der Waals surface area contributed by atoms with Gasteiger partial charge in [-0.15, -0.1) is 0 Å². The number of rotatable bonds is 25. The standard InChI is InChI=1S/C37H54N6O8/c1-3-5-14-28(39-24-44)33(46)42-31(22-25-12-8-7-9-13-25)35(48)40-29(15-6-4-2)34(47)43-32(23-26-17-19-27(45)20-18-26)36(49)41-30(37(50)51)16-10-11-21-38/h7-9,12-13,17-20,24,28-32,45H,3-6,10-11,14-16,21-23,38H2,1-2H3,(H,39,44)(H,40,48)(H,41,49)(H,42,46)(H,43,47)(H,50,51)/t28-,29-,30-,31-,32-/m0/s1. The molecule has 0 aliphatic heterocycles. The Bertz CT molecular complexity index is 1390. The van der Waals surface area contributed by atoms with E-state index in [-0.39, 0.29) is 31.4 Å². The number of phenols is 1. The van der Waals surface area contributed by atoms with Crippen molar-refractivity contribution in [3.8, 4) is 5.75 Å². The molecule has 0 aliphatic carbocycles. The average molecular weight is 711 g/mol. The molecule has 0 bridgehead atoms. The first kappa shape index (κ1) is 42.2. The van der Waals surface area contributed by atoms with Crippen molar-refractivity contribution in [3.63, 3.8) is 0 Å². The van der Waals surface area contributed by atoms with Crippen molar-refractivity contribution in [2.75, 3.05) is 6.54 Å². The summed E-state index contributed by atoms with van der Waals surface area (Å²) in [5.74, 6) is -3.78. The Morgan fingerprint density at radius 1 is 0.627 bits per heavy atom. The number of carboxylic acids is 1. The van der Waals surface area contributed by atoms with Gasteiger partial charge in [-0.2, -0.15) is 0 Å². The molecular formula is C37H54N6O8. The smallest absolute Gasteiger partial charge is 0.326 e. The minimum Gasteiger partial charge on any atom is -0.508 e. The molecule has 2 aromatic carbocycles. The van der Waals surface area contributed by atoms with Crippen LogP contribution in [0.3, 0.4) is 0 Å². The molecule has 0 fully saturated rings. The highest BCUT2D eigenvalue weighted by Crippen LogP contribution is 2.13. The van der Waals surface area contributed by atoms with Crippen LogP contribution in [0.25, 0.3) is 0 Å². The molecule has 2 rings (SSSR count). The summed E-state index contributed by atoms with van der Waals surface area (Å²) in [6.45, 7) is 4.24. The Morgan fingerprint density at radius 2 is 1.08 bits per heavy atom. The number of carbonyl (C=O) groups is 6. The number of benzene rings is 2. The van der Waals surface area contributed by atoms with Crippen LogP contribution in [0.15, 0.2) is 54.6 Å². The van der Waals surface area contributed by atoms with Gasteiger partial charge in [0.15, 0.2) is 0 Å². The number of amides is 5. The third kappa shape index (κ3) is 15.6. The van der Waals surface area contributed by atoms with Crippen molar-refractivity contribution in [1.82, 2.24) is 26.6 Å². The number of carboxylic acid groups (broad SMARTS) is 1. The van der Waals surface area contributed by atoms with Gasteiger partial charge in [0.25, 0.3) is 0 Å². The van der Waals surface area contributed by atoms with Crippen molar-refractivity contribution in [3.05, 3.63) is 65.7 Å². The minimum atomic E-state index is -1.23. The molecule has 14 heteroatoms. The topological polar surface area (TPSA) is 229 Å². The van der Waals surface area contributed by atoms with Crippen LogP contribution in [0, 0.1) is 0 Å². The van der Waals surface area contributed by atoms with Crippen LogP contribution >= 0.6 is 0 Å². The Morgan fingerprint density at radius 3 is 1.59 bits per heavy atom. The lowest BCUT2D eigenvalue weighted by Crippen LogP contribution is -2.59. The molecular weight excluding hydrogens is 656 g/mol. The van der Waals surface area contributed by atoms with Crippen molar-refractivity contribution < 1.29 is 39.0 Å². The highest BCUT2D eigenvalue weighted by Gasteiger charge is 2.32. The molecule has 5 amide bonds. The molecule has 0 unspecified atom stereocenters. The van der Waals surface area contributed by atoms with Crippen molar-refractivity contribution in [2.24, 2.45) is 5.73 Å². The number of carbonyl (C=O) groups excluding carboxylic acids is 5. The van der Waals surface area contributed by atoms with E-state index >= 15 is 0 Å². The zero-order chi connectivity index (χ0) is 37.6. The Balaban J connectivity index is 2.35. The van der Waals surface area contributed by atoms with E-state index in [1.165, 1.54) is 12.1 Å². The van der Waals surface area contributed by atoms with E-state index in [9.17, 15) is 39.0 Å². The van der Waals surface area contributed by atoms with Crippen molar-refractivity contribution >= 4 is 36.0 Å². The van der Waals surface area contributed by atoms with E-state index in [4.69, 9.17) is 5.73 Å². The number of aromatic hydroxyl groups is 1. The molecule has 5 atom stereocenters. The number of nitrogens with one attached hydrogen (secondary N) is 5. The average Bonchev–Trinajstić information content (AvgIpc) is 3.11. The number of unbranched alkanes of at least 4 members (excludes halogenated alkanes) is 3. The van der Waals surface area contributed by atoms with Crippen LogP contribution in [-0.2, 0) is 41.6 Å². The van der Waals surface area contributed by atoms with Gasteiger partial charge in [-0.05, 0) is 61.9 Å². The Kier molecular flexibility index (Phi) is 19.4. The van der Waals surface area contributed by atoms with Gasteiger partial charge >= 0.3 is 5.97 Å². The maximum absolute atomic E-state index is 13.9. The lowest BCUT2D eigenvalue weighted by atomic mass is 10.0. The van der Waals surface area contributed by atoms with Gasteiger partial charge in [0.2, 0.25) is 30.0 Å². The molecule has 0 saturated heterocycles. The second-order valence-electron chi connectivity index (χ2n) is 12.5. The van der Waals surface area contributed by atoms with E-state index in [1.54, 1.807) is 36.4 Å². The Labute approximate surface area is 299 Å². The summed E-state index contributed by atoms with van der Waals surface area (Å²) in [6, 6.07) is 9.56. The van der Waals surface area contributed by atoms with Crippen LogP contribution in [0.5, 0.6) is 5.75 Å². The lowest BCUT2D eigenvalue weighted by molar-refractivity contribution is -0.142. The van der Waals surface area contributed by atoms with Gasteiger partial charge in [-0.1, -0.05) is 82.0 Å². The molecule has 0 heterocycles. The lowest BCUT2D eigenvalue weighted by Gasteiger charge is -2.27. The molecule has 0 spiro atoms. The minimum absolute atomic E-state index is 0.00717. The second kappa shape index (κ2) is 23.4. The summed E-state index contributed by atoms with van der Waals surface area (Å²) in [4.78, 5) is 77.8. The highest BCUT2D eigenvalue weighted by molar-refractivity contribution is 5.95. The summed E-state index contributed by atoms with van der Waals surface area (Å²) in [7, 11) is 0. The van der Waals surface area contributed by atoms with E-state index in [1.807, 2.05) is 19.9 Å². The number of hydrogen-bond donors (Lipinski definition) is 8. The first-order valence-electron chi connectivity index (χ1n) is 17.7. The van der Waals surface area contributed by atoms with E-state index in [0.29, 0.717) is 57.0 Å². The fourth-order valence-corrected chi connectivity index (χ4v) is 5.43. The van der Waals surface area contributed by atoms with Crippen LogP contribution < -0.4 is 32.3 Å². The van der Waals surface area contributed by atoms with Gasteiger partial charge in [0.1, 0.15) is 36.0 Å². The summed E-state index contributed by atoms with van der Waals surface area (Å²) < 4.78 is 0. The molecule has 0 radical (unpaired) electrons. The Hall–Kier alpha value is -4.98. The summed E-state index contributed by atoms with van der Waals surface area (Å²) in [5.41, 5.74) is 6.89. The van der Waals surface area contributed by atoms with Crippen LogP contribution in [0.2, 0.25) is 0 Å². The third-order valence-electron chi connectivity index (χ3n) is 8.40. The quantitative estimate of drug-likeness (QED) is 0.0554. The van der Waals surface area contributed by atoms with Crippen molar-refractivity contribution in [2.45, 2.75) is 115 Å². The maximum Gasteiger partial charge on any atom is 0.326 e. The summed E-state index contributed by atoms with van der Waals surface area (Å²) in [5, 5.41) is 32.8. The second-order valence-corrected chi connectivity index (χ2v) is 12.5. The molecule has 0 saturated carbocycles. The van der Waals surface area contributed by atoms with Gasteiger partial charge in [0.05, 0.1) is 0 Å². The summed E-state index contributed by atoms with van der Waals surface area (Å²) in [6.07, 6.45) is 5.02. The van der Waals surface area contributed by atoms with Crippen LogP contribution in [0.4, 0.5) is 0 Å². The number of nitrogens with two attached hydrogens (primary N) is 1. The van der Waals surface area contributed by atoms with E-state index in [2.05, 4.69) is 26.6 Å². The number of hydrogen-bond acceptors (Lipinski definition) is 8. The normalized spacial score (nSPS) is 13.8. The molecule has 9 N–H and O–H groups in total. The van der Waals surface area contributed by atoms with Gasteiger partial charge in [-0.25, -0.2) is 4.79 Å². The zero-order valence-electron chi connectivity index (χ0n) is 29.6. The molecule has 0 aromatic heterocycles. The fourth-order valence-electron chi connectivity index (χ4n) is 5.43. The van der Waals surface area contributed by atoms with Gasteiger partial charge in [-0.3, -0.25) is 24.0 Å². The fraction of sp³-hybridized carbons (Fsp3) is 0.514. The highest BCUT2D eigenvalue weighted by atomic mass is 16.4. The monoisotopic (exact) mass is 710 g/mol. The zero-order valence-corrected chi connectivity index (χ0v) is 29.6. The molecule has 0 aliphatic rings. The maximum atomic E-state index is 13.9. The molecule has 280 valence electrons. The predicted molar refractivity (Wildman–Crippen MR) is 192 cm³/mol. The number of phenolic OH excluding ortho intramolecular Hbond substituents is 1. The van der Waals surface area contributed by atoms with Crippen molar-refractivity contribution in [1.29, 1.82) is 0 Å². The SMILES string of the molecule is CCCC[C@H](NC=O)C(=O)N[C@@H](Cc1ccccc1)C(=O)N[C@@H](CCCC)C(=O)N[C@@H](Cc1ccc(O)cc1)C(=O)N[C@@H](CCCCN)C(=O)O. The first-order valence-corrected chi connectivity index (χ1v) is 17.7. The molecule has 2 aromatic rings. The van der Waals surface area contributed by atoms with Gasteiger partial charge in [0, 0.05) is 12.8 Å². The van der Waals surface area contributed by atoms with E-state index < -0.39 is 59.8 Å². The largest absolute Gasteiger partial charge is 0.508 e. The van der Waals surface area contributed by atoms with Gasteiger partial charge < -0.3 is 42.5 Å². The summed E-state index contributed by atoms with van der Waals surface area (Å²) >= 11 is 0. The van der Waals surface area contributed by atoms with E-state index in [0.717, 1.165) is 12.0 Å². The van der Waals surface area contributed by atoms with Crippen LogP contribution in [-0.4, -0.2) is 83.0 Å². The third-order valence-corrected chi connectivity index (χ3v) is 8.40. The molecule has 14 nitrogen and oxygen atoms in total. The van der Waals surface area contributed by atoms with Crippen LogP contribution in [0.1, 0.15) is 82.8 Å². The molecule has 51 heavy (non-hydrogen) atoms.